The van der Waals surface area contributed by atoms with Crippen molar-refractivity contribution in [2.45, 2.75) is 50.4 Å². The summed E-state index contributed by atoms with van der Waals surface area (Å²) in [5.74, 6) is 0.225. The van der Waals surface area contributed by atoms with Crippen LogP contribution < -0.4 is 10.9 Å². The van der Waals surface area contributed by atoms with Gasteiger partial charge in [-0.05, 0) is 56.9 Å². The topological polar surface area (TPSA) is 123 Å². The molecule has 0 radical (unpaired) electrons. The van der Waals surface area contributed by atoms with Gasteiger partial charge in [-0.25, -0.2) is 19.7 Å². The molecule has 38 heavy (non-hydrogen) atoms. The molecule has 0 spiro atoms. The van der Waals surface area contributed by atoms with E-state index in [4.69, 9.17) is 16.7 Å². The van der Waals surface area contributed by atoms with Crippen LogP contribution >= 0.6 is 23.4 Å². The molecule has 0 atom stereocenters. The number of nitrogens with one attached hydrogen (secondary N) is 1. The zero-order valence-electron chi connectivity index (χ0n) is 21.0. The second kappa shape index (κ2) is 11.1. The zero-order chi connectivity index (χ0) is 26.8. The Labute approximate surface area is 228 Å². The lowest BCUT2D eigenvalue weighted by Gasteiger charge is -2.29. The second-order valence-electron chi connectivity index (χ2n) is 9.52. The number of nitrogens with zero attached hydrogens (tertiary/aromatic N) is 5. The molecule has 1 aliphatic carbocycles. The number of carboxylic acid groups (broad SMARTS) is 1. The van der Waals surface area contributed by atoms with Crippen LogP contribution in [0.25, 0.3) is 33.4 Å². The number of thioether (sulfide) groups is 1. The van der Waals surface area contributed by atoms with Crippen LogP contribution in [0.5, 0.6) is 0 Å². The van der Waals surface area contributed by atoms with Crippen LogP contribution in [0.2, 0.25) is 5.02 Å². The summed E-state index contributed by atoms with van der Waals surface area (Å²) in [6.07, 6.45) is 9.13. The molecule has 0 aliphatic heterocycles. The van der Waals surface area contributed by atoms with Crippen LogP contribution in [0, 0.1) is 12.8 Å². The Morgan fingerprint density at radius 2 is 1.92 bits per heavy atom. The van der Waals surface area contributed by atoms with Crippen molar-refractivity contribution >= 4 is 40.5 Å². The average Bonchev–Trinajstić information content (AvgIpc) is 2.90. The van der Waals surface area contributed by atoms with Crippen molar-refractivity contribution in [3.8, 4) is 22.4 Å². The number of halogens is 1. The number of pyridine rings is 1. The third-order valence-corrected chi connectivity index (χ3v) is 7.79. The van der Waals surface area contributed by atoms with Crippen molar-refractivity contribution in [2.75, 3.05) is 6.26 Å². The predicted octanol–water partition coefficient (Wildman–Crippen LogP) is 5.43. The number of hydrogen-bond acceptors (Lipinski definition) is 7. The first-order valence-electron chi connectivity index (χ1n) is 12.4. The summed E-state index contributed by atoms with van der Waals surface area (Å²) >= 11 is 8.16. The minimum Gasteiger partial charge on any atom is -0.465 e. The normalized spacial score (nSPS) is 17.4. The lowest BCUT2D eigenvalue weighted by molar-refractivity contribution is 0.181. The first kappa shape index (κ1) is 26.1. The highest BCUT2D eigenvalue weighted by atomic mass is 35.5. The molecule has 3 aromatic heterocycles. The second-order valence-corrected chi connectivity index (χ2v) is 10.7. The molecule has 196 valence electrons. The molecular formula is C27H27ClN6O3S. The fourth-order valence-corrected chi connectivity index (χ4v) is 5.64. The van der Waals surface area contributed by atoms with Crippen molar-refractivity contribution in [3.63, 3.8) is 0 Å². The number of benzene rings is 1. The van der Waals surface area contributed by atoms with Crippen LogP contribution in [0.15, 0.2) is 52.8 Å². The highest BCUT2D eigenvalue weighted by Gasteiger charge is 2.25. The van der Waals surface area contributed by atoms with Gasteiger partial charge in [-0.1, -0.05) is 35.5 Å². The highest BCUT2D eigenvalue weighted by molar-refractivity contribution is 7.98. The predicted molar refractivity (Wildman–Crippen MR) is 149 cm³/mol. The Bertz CT molecular complexity index is 1570. The van der Waals surface area contributed by atoms with Gasteiger partial charge in [-0.15, -0.1) is 0 Å². The number of aromatic nitrogens is 5. The molecule has 5 rings (SSSR count). The molecule has 1 aliphatic rings. The number of fused-ring (bicyclic) bond motifs is 1. The average molecular weight is 551 g/mol. The number of hydrogen-bond donors (Lipinski definition) is 2. The van der Waals surface area contributed by atoms with E-state index in [0.717, 1.165) is 42.3 Å². The van der Waals surface area contributed by atoms with Gasteiger partial charge in [0.1, 0.15) is 5.65 Å². The summed E-state index contributed by atoms with van der Waals surface area (Å²) in [5, 5.41) is 13.4. The zero-order valence-corrected chi connectivity index (χ0v) is 22.6. The molecule has 9 nitrogen and oxygen atoms in total. The minimum atomic E-state index is -0.998. The van der Waals surface area contributed by atoms with Crippen LogP contribution in [0.4, 0.5) is 4.79 Å². The lowest BCUT2D eigenvalue weighted by atomic mass is 9.86. The lowest BCUT2D eigenvalue weighted by Crippen LogP contribution is -2.38. The van der Waals surface area contributed by atoms with Gasteiger partial charge >= 0.3 is 6.09 Å². The van der Waals surface area contributed by atoms with Crippen molar-refractivity contribution < 1.29 is 9.90 Å². The third-order valence-electron chi connectivity index (χ3n) is 6.91. The molecule has 1 amide bonds. The summed E-state index contributed by atoms with van der Waals surface area (Å²) in [5.41, 5.74) is 3.85. The fourth-order valence-electron chi connectivity index (χ4n) is 5.02. The summed E-state index contributed by atoms with van der Waals surface area (Å²) in [6.45, 7) is 2.37. The summed E-state index contributed by atoms with van der Waals surface area (Å²) in [7, 11) is 0. The van der Waals surface area contributed by atoms with Crippen molar-refractivity contribution in [3.05, 3.63) is 63.9 Å². The van der Waals surface area contributed by atoms with Crippen LogP contribution in [-0.2, 0) is 6.54 Å². The smallest absolute Gasteiger partial charge is 0.404 e. The maximum atomic E-state index is 13.9. The van der Waals surface area contributed by atoms with E-state index in [1.807, 2.05) is 25.3 Å². The molecular weight excluding hydrogens is 524 g/mol. The Balaban J connectivity index is 1.54. The molecule has 4 aromatic rings. The Morgan fingerprint density at radius 3 is 2.61 bits per heavy atom. The van der Waals surface area contributed by atoms with E-state index in [0.29, 0.717) is 39.2 Å². The van der Waals surface area contributed by atoms with E-state index in [1.165, 1.54) is 11.8 Å². The molecule has 1 aromatic carbocycles. The van der Waals surface area contributed by atoms with Gasteiger partial charge in [0, 0.05) is 52.1 Å². The third kappa shape index (κ3) is 5.51. The van der Waals surface area contributed by atoms with E-state index in [1.54, 1.807) is 35.3 Å². The number of amides is 1. The molecule has 0 bridgehead atoms. The molecule has 1 saturated carbocycles. The summed E-state index contributed by atoms with van der Waals surface area (Å²) in [6, 6.07) is 7.29. The number of carbonyl (C=O) groups is 1. The standard InChI is InChI=1S/C27H27ClN6O3S/c1-15-11-29-13-23(31-15)17-5-8-20(22(28)10-17)21-9-18-12-30-26(38-2)33-24(18)34(25(21)35)14-16-3-6-19(7-4-16)32-27(36)37/h5,8-13,16,19,32H,3-4,6-7,14H2,1-2H3,(H,36,37)/t16-,19-. The summed E-state index contributed by atoms with van der Waals surface area (Å²) in [4.78, 5) is 42.8. The Morgan fingerprint density at radius 1 is 1.13 bits per heavy atom. The van der Waals surface area contributed by atoms with Crippen molar-refractivity contribution in [1.82, 2.24) is 29.8 Å². The monoisotopic (exact) mass is 550 g/mol. The maximum absolute atomic E-state index is 13.9. The van der Waals surface area contributed by atoms with Crippen molar-refractivity contribution in [2.24, 2.45) is 5.92 Å². The van der Waals surface area contributed by atoms with Gasteiger partial charge in [0.05, 0.1) is 17.6 Å². The van der Waals surface area contributed by atoms with Crippen LogP contribution in [0.3, 0.4) is 0 Å². The molecule has 11 heteroatoms. The van der Waals surface area contributed by atoms with Gasteiger partial charge < -0.3 is 10.4 Å². The Kier molecular flexibility index (Phi) is 7.62. The van der Waals surface area contributed by atoms with E-state index in [2.05, 4.69) is 25.3 Å². The molecule has 0 saturated heterocycles. The van der Waals surface area contributed by atoms with Gasteiger partial charge in [0.15, 0.2) is 5.16 Å². The molecule has 1 fully saturated rings. The molecule has 2 N–H and O–H groups in total. The quantitative estimate of drug-likeness (QED) is 0.241. The van der Waals surface area contributed by atoms with E-state index in [9.17, 15) is 9.59 Å². The maximum Gasteiger partial charge on any atom is 0.404 e. The van der Waals surface area contributed by atoms with E-state index < -0.39 is 6.09 Å². The number of aryl methyl sites for hydroxylation is 1. The van der Waals surface area contributed by atoms with E-state index >= 15 is 0 Å². The van der Waals surface area contributed by atoms with Gasteiger partial charge in [-0.3, -0.25) is 14.3 Å². The largest absolute Gasteiger partial charge is 0.465 e. The number of rotatable bonds is 6. The fraction of sp³-hybridized carbons (Fsp3) is 0.333. The summed E-state index contributed by atoms with van der Waals surface area (Å²) < 4.78 is 1.73. The highest BCUT2D eigenvalue weighted by Crippen LogP contribution is 2.32. The van der Waals surface area contributed by atoms with Crippen molar-refractivity contribution in [1.29, 1.82) is 0 Å². The minimum absolute atomic E-state index is 0.0515. The van der Waals surface area contributed by atoms with E-state index in [-0.39, 0.29) is 17.5 Å². The SMILES string of the molecule is CSc1ncc2cc(-c3ccc(-c4cncc(C)n4)cc3Cl)c(=O)n(C[C@H]3CC[C@H](NC(=O)O)CC3)c2n1. The first-order chi connectivity index (χ1) is 18.3. The van der Waals surface area contributed by atoms with Crippen LogP contribution in [0.1, 0.15) is 31.4 Å². The van der Waals surface area contributed by atoms with Crippen LogP contribution in [-0.4, -0.2) is 48.0 Å². The van der Waals surface area contributed by atoms with Gasteiger partial charge in [0.25, 0.3) is 5.56 Å². The molecule has 0 unspecified atom stereocenters. The van der Waals surface area contributed by atoms with Gasteiger partial charge in [0.2, 0.25) is 0 Å². The van der Waals surface area contributed by atoms with Gasteiger partial charge in [-0.2, -0.15) is 0 Å². The first-order valence-corrected chi connectivity index (χ1v) is 14.0. The Hall–Kier alpha value is -3.50. The molecule has 3 heterocycles.